The van der Waals surface area contributed by atoms with Gasteiger partial charge in [0.25, 0.3) is 5.91 Å². The summed E-state index contributed by atoms with van der Waals surface area (Å²) < 4.78 is 4.55. The maximum absolute atomic E-state index is 11.4. The third-order valence-electron chi connectivity index (χ3n) is 2.20. The number of nitrogens with one attached hydrogen (secondary N) is 2. The highest BCUT2D eigenvalue weighted by Gasteiger charge is 2.06. The summed E-state index contributed by atoms with van der Waals surface area (Å²) >= 11 is 0. The molecule has 0 aliphatic carbocycles. The summed E-state index contributed by atoms with van der Waals surface area (Å²) in [5, 5.41) is 5.47. The molecule has 0 radical (unpaired) electrons. The van der Waals surface area contributed by atoms with Crippen molar-refractivity contribution < 1.29 is 14.3 Å². The van der Waals surface area contributed by atoms with Gasteiger partial charge < -0.3 is 26.8 Å². The number of primary amides is 1. The fourth-order valence-electron chi connectivity index (χ4n) is 1.35. The fraction of sp³-hybridized carbons (Fsp3) is 0.273. The topological polar surface area (TPSA) is 119 Å². The van der Waals surface area contributed by atoms with E-state index in [-0.39, 0.29) is 12.5 Å². The van der Waals surface area contributed by atoms with Crippen molar-refractivity contribution in [3.63, 3.8) is 0 Å². The predicted molar refractivity (Wildman–Crippen MR) is 68.3 cm³/mol. The van der Waals surface area contributed by atoms with E-state index in [0.717, 1.165) is 0 Å². The number of nitrogen functional groups attached to an aromatic ring is 1. The van der Waals surface area contributed by atoms with Crippen LogP contribution in [0, 0.1) is 0 Å². The first-order valence-corrected chi connectivity index (χ1v) is 5.32. The number of hydrogen-bond acceptors (Lipinski definition) is 5. The summed E-state index contributed by atoms with van der Waals surface area (Å²) in [6.07, 6.45) is -0.820. The highest BCUT2D eigenvalue weighted by molar-refractivity contribution is 5.95. The van der Waals surface area contributed by atoms with Crippen molar-refractivity contribution in [2.45, 2.75) is 0 Å². The van der Waals surface area contributed by atoms with Crippen LogP contribution >= 0.6 is 0 Å². The van der Waals surface area contributed by atoms with Crippen LogP contribution in [0.15, 0.2) is 18.2 Å². The molecule has 0 bridgehead atoms. The molecule has 18 heavy (non-hydrogen) atoms. The van der Waals surface area contributed by atoms with Crippen molar-refractivity contribution in [1.29, 1.82) is 0 Å². The lowest BCUT2D eigenvalue weighted by molar-refractivity contribution is 0.0963. The van der Waals surface area contributed by atoms with Crippen LogP contribution in [-0.4, -0.2) is 32.2 Å². The van der Waals surface area contributed by atoms with Crippen LogP contribution in [-0.2, 0) is 4.74 Å². The van der Waals surface area contributed by atoms with Gasteiger partial charge in [0.2, 0.25) is 0 Å². The Labute approximate surface area is 104 Å². The molecule has 0 saturated heterocycles. The van der Waals surface area contributed by atoms with E-state index in [4.69, 9.17) is 11.5 Å². The second-order valence-corrected chi connectivity index (χ2v) is 3.48. The number of nitrogens with two attached hydrogens (primary N) is 2. The summed E-state index contributed by atoms with van der Waals surface area (Å²) in [6.45, 7) is 0.526. The van der Waals surface area contributed by atoms with E-state index in [0.29, 0.717) is 23.5 Å². The maximum atomic E-state index is 11.4. The monoisotopic (exact) mass is 252 g/mol. The Morgan fingerprint density at radius 2 is 2.11 bits per heavy atom. The van der Waals surface area contributed by atoms with Gasteiger partial charge in [-0.3, -0.25) is 4.79 Å². The second kappa shape index (κ2) is 6.33. The van der Waals surface area contributed by atoms with Gasteiger partial charge >= 0.3 is 6.09 Å². The highest BCUT2D eigenvalue weighted by atomic mass is 16.5. The van der Waals surface area contributed by atoms with E-state index in [1.54, 1.807) is 25.2 Å². The minimum atomic E-state index is -0.820. The Balaban J connectivity index is 2.57. The standard InChI is InChI=1S/C11H16N4O3/c1-14-10(16)7-2-3-9(8(12)6-7)15-4-5-18-11(13)17/h2-3,6,15H,4-5,12H2,1H3,(H2,13,17)(H,14,16). The number of benzene rings is 1. The quantitative estimate of drug-likeness (QED) is 0.439. The molecular formula is C11H16N4O3. The average molecular weight is 252 g/mol. The summed E-state index contributed by atoms with van der Waals surface area (Å²) in [6, 6.07) is 4.90. The molecule has 0 aliphatic heterocycles. The molecule has 7 nitrogen and oxygen atoms in total. The number of ether oxygens (including phenoxy) is 1. The predicted octanol–water partition coefficient (Wildman–Crippen LogP) is 0.136. The zero-order valence-corrected chi connectivity index (χ0v) is 10.0. The molecule has 1 rings (SSSR count). The lowest BCUT2D eigenvalue weighted by Crippen LogP contribution is -2.19. The second-order valence-electron chi connectivity index (χ2n) is 3.48. The van der Waals surface area contributed by atoms with Crippen LogP contribution in [0.4, 0.5) is 16.2 Å². The van der Waals surface area contributed by atoms with Crippen LogP contribution < -0.4 is 22.1 Å². The van der Waals surface area contributed by atoms with E-state index >= 15 is 0 Å². The van der Waals surface area contributed by atoms with E-state index in [1.807, 2.05) is 0 Å². The summed E-state index contributed by atoms with van der Waals surface area (Å²) in [5.74, 6) is -0.203. The summed E-state index contributed by atoms with van der Waals surface area (Å²) in [5.41, 5.74) is 12.2. The normalized spacial score (nSPS) is 9.61. The SMILES string of the molecule is CNC(=O)c1ccc(NCCOC(N)=O)c(N)c1. The van der Waals surface area contributed by atoms with Crippen molar-refractivity contribution in [3.05, 3.63) is 23.8 Å². The van der Waals surface area contributed by atoms with Gasteiger partial charge in [-0.2, -0.15) is 0 Å². The molecule has 7 heteroatoms. The minimum absolute atomic E-state index is 0.145. The van der Waals surface area contributed by atoms with Crippen LogP contribution in [0.2, 0.25) is 0 Å². The van der Waals surface area contributed by atoms with Gasteiger partial charge in [-0.1, -0.05) is 0 Å². The van der Waals surface area contributed by atoms with Crippen LogP contribution in [0.5, 0.6) is 0 Å². The van der Waals surface area contributed by atoms with Crippen LogP contribution in [0.3, 0.4) is 0 Å². The van der Waals surface area contributed by atoms with Crippen LogP contribution in [0.25, 0.3) is 0 Å². The molecular weight excluding hydrogens is 236 g/mol. The molecule has 1 aromatic carbocycles. The van der Waals surface area contributed by atoms with Crippen molar-refractivity contribution in [2.24, 2.45) is 5.73 Å². The Hall–Kier alpha value is -2.44. The smallest absolute Gasteiger partial charge is 0.404 e. The maximum Gasteiger partial charge on any atom is 0.404 e. The Bertz CT molecular complexity index is 448. The first-order valence-electron chi connectivity index (χ1n) is 5.32. The van der Waals surface area contributed by atoms with E-state index in [2.05, 4.69) is 15.4 Å². The molecule has 1 aromatic rings. The number of amides is 2. The molecule has 0 heterocycles. The van der Waals surface area contributed by atoms with Crippen LogP contribution in [0.1, 0.15) is 10.4 Å². The van der Waals surface area contributed by atoms with Gasteiger partial charge in [0, 0.05) is 19.2 Å². The molecule has 0 fully saturated rings. The van der Waals surface area contributed by atoms with Gasteiger partial charge in [0.05, 0.1) is 11.4 Å². The number of rotatable bonds is 5. The fourth-order valence-corrected chi connectivity index (χ4v) is 1.35. The molecule has 0 unspecified atom stereocenters. The van der Waals surface area contributed by atoms with Crippen molar-refractivity contribution >= 4 is 23.4 Å². The number of anilines is 2. The molecule has 0 atom stereocenters. The Morgan fingerprint density at radius 3 is 2.67 bits per heavy atom. The molecule has 98 valence electrons. The molecule has 2 amide bonds. The highest BCUT2D eigenvalue weighted by Crippen LogP contribution is 2.19. The van der Waals surface area contributed by atoms with E-state index < -0.39 is 6.09 Å². The zero-order valence-electron chi connectivity index (χ0n) is 10.0. The Kier molecular flexibility index (Phi) is 4.79. The average Bonchev–Trinajstić information content (AvgIpc) is 2.34. The lowest BCUT2D eigenvalue weighted by atomic mass is 10.1. The van der Waals surface area contributed by atoms with E-state index in [9.17, 15) is 9.59 Å². The number of carbonyl (C=O) groups is 2. The first kappa shape index (κ1) is 13.6. The molecule has 0 aliphatic rings. The molecule has 0 spiro atoms. The van der Waals surface area contributed by atoms with Gasteiger partial charge in [0.15, 0.2) is 0 Å². The minimum Gasteiger partial charge on any atom is -0.448 e. The zero-order chi connectivity index (χ0) is 13.5. The first-order chi connectivity index (χ1) is 8.54. The number of carbonyl (C=O) groups excluding carboxylic acids is 2. The van der Waals surface area contributed by atoms with Gasteiger partial charge in [-0.25, -0.2) is 4.79 Å². The molecule has 0 aromatic heterocycles. The molecule has 0 saturated carbocycles. The van der Waals surface area contributed by atoms with Crippen molar-refractivity contribution in [3.8, 4) is 0 Å². The number of hydrogen-bond donors (Lipinski definition) is 4. The van der Waals surface area contributed by atoms with Gasteiger partial charge in [-0.15, -0.1) is 0 Å². The Morgan fingerprint density at radius 1 is 1.39 bits per heavy atom. The van der Waals surface area contributed by atoms with E-state index in [1.165, 1.54) is 0 Å². The summed E-state index contributed by atoms with van der Waals surface area (Å²) in [7, 11) is 1.55. The summed E-state index contributed by atoms with van der Waals surface area (Å²) in [4.78, 5) is 21.7. The van der Waals surface area contributed by atoms with Gasteiger partial charge in [0.1, 0.15) is 6.61 Å². The van der Waals surface area contributed by atoms with Crippen molar-refractivity contribution in [2.75, 3.05) is 31.2 Å². The largest absolute Gasteiger partial charge is 0.448 e. The molecule has 6 N–H and O–H groups in total. The van der Waals surface area contributed by atoms with Crippen molar-refractivity contribution in [1.82, 2.24) is 5.32 Å². The third-order valence-corrected chi connectivity index (χ3v) is 2.20. The third kappa shape index (κ3) is 3.85. The lowest BCUT2D eigenvalue weighted by Gasteiger charge is -2.10. The van der Waals surface area contributed by atoms with Gasteiger partial charge in [-0.05, 0) is 18.2 Å².